The topological polar surface area (TPSA) is 68.0 Å². The number of hydrogen-bond donors (Lipinski definition) is 1. The van der Waals surface area contributed by atoms with Crippen molar-refractivity contribution in [2.75, 3.05) is 0 Å². The van der Waals surface area contributed by atoms with Gasteiger partial charge < -0.3 is 9.73 Å². The minimum absolute atomic E-state index is 0.0128. The van der Waals surface area contributed by atoms with E-state index in [9.17, 15) is 4.79 Å². The molecule has 1 aromatic heterocycles. The maximum atomic E-state index is 12.7. The molecule has 1 aliphatic rings. The van der Waals surface area contributed by atoms with Gasteiger partial charge in [-0.05, 0) is 49.4 Å². The van der Waals surface area contributed by atoms with Crippen LogP contribution in [0.5, 0.6) is 0 Å². The van der Waals surface area contributed by atoms with E-state index < -0.39 is 0 Å². The van der Waals surface area contributed by atoms with Crippen molar-refractivity contribution in [2.45, 2.75) is 42.7 Å². The van der Waals surface area contributed by atoms with Gasteiger partial charge in [0.2, 0.25) is 11.8 Å². The lowest BCUT2D eigenvalue weighted by Crippen LogP contribution is -2.35. The summed E-state index contributed by atoms with van der Waals surface area (Å²) in [5.74, 6) is 0.452. The fraction of sp³-hybridized carbons (Fsp3) is 0.286. The number of rotatable bonds is 5. The Hall–Kier alpha value is -2.60. The molecule has 0 fully saturated rings. The van der Waals surface area contributed by atoms with E-state index in [0.717, 1.165) is 24.8 Å². The summed E-state index contributed by atoms with van der Waals surface area (Å²) in [4.78, 5) is 12.7. The summed E-state index contributed by atoms with van der Waals surface area (Å²) in [5, 5.41) is 11.4. The molecular formula is C21H21N3O2S. The van der Waals surface area contributed by atoms with E-state index in [0.29, 0.717) is 11.1 Å². The lowest BCUT2D eigenvalue weighted by Gasteiger charge is -2.27. The van der Waals surface area contributed by atoms with Crippen molar-refractivity contribution in [3.05, 3.63) is 65.7 Å². The number of thioether (sulfide) groups is 1. The molecule has 1 heterocycles. The van der Waals surface area contributed by atoms with E-state index in [2.05, 4.69) is 33.7 Å². The SMILES string of the molecule is C[C@@H](Sc1nnc(-c2ccccc2)o1)C(=O)N[C@@H]1CCCc2ccccc21. The average molecular weight is 379 g/mol. The summed E-state index contributed by atoms with van der Waals surface area (Å²) in [6.45, 7) is 1.86. The summed E-state index contributed by atoms with van der Waals surface area (Å²) < 4.78 is 5.70. The van der Waals surface area contributed by atoms with E-state index in [-0.39, 0.29) is 17.2 Å². The molecule has 0 unspecified atom stereocenters. The quantitative estimate of drug-likeness (QED) is 0.665. The first-order valence-corrected chi connectivity index (χ1v) is 10.0. The van der Waals surface area contributed by atoms with Gasteiger partial charge in [0.15, 0.2) is 0 Å². The fourth-order valence-corrected chi connectivity index (χ4v) is 4.05. The third kappa shape index (κ3) is 4.06. The van der Waals surface area contributed by atoms with E-state index in [1.54, 1.807) is 0 Å². The van der Waals surface area contributed by atoms with Crippen molar-refractivity contribution in [1.29, 1.82) is 0 Å². The van der Waals surface area contributed by atoms with Gasteiger partial charge in [0.1, 0.15) is 0 Å². The number of hydrogen-bond acceptors (Lipinski definition) is 5. The van der Waals surface area contributed by atoms with Gasteiger partial charge in [-0.25, -0.2) is 0 Å². The number of nitrogens with one attached hydrogen (secondary N) is 1. The van der Waals surface area contributed by atoms with E-state index in [1.165, 1.54) is 22.9 Å². The highest BCUT2D eigenvalue weighted by Gasteiger charge is 2.25. The second-order valence-electron chi connectivity index (χ2n) is 6.65. The number of carbonyl (C=O) groups is 1. The largest absolute Gasteiger partial charge is 0.411 e. The molecule has 2 atom stereocenters. The van der Waals surface area contributed by atoms with Crippen LogP contribution < -0.4 is 5.32 Å². The molecule has 2 aromatic carbocycles. The molecule has 1 aliphatic carbocycles. The molecule has 0 bridgehead atoms. The molecule has 0 spiro atoms. The lowest BCUT2D eigenvalue weighted by atomic mass is 9.88. The van der Waals surface area contributed by atoms with Crippen molar-refractivity contribution in [3.8, 4) is 11.5 Å². The highest BCUT2D eigenvalue weighted by atomic mass is 32.2. The monoisotopic (exact) mass is 379 g/mol. The number of aromatic nitrogens is 2. The van der Waals surface area contributed by atoms with Crippen molar-refractivity contribution in [1.82, 2.24) is 15.5 Å². The Kier molecular flexibility index (Phi) is 5.25. The molecule has 4 rings (SSSR count). The Morgan fingerprint density at radius 1 is 1.15 bits per heavy atom. The molecule has 6 heteroatoms. The Balaban J connectivity index is 1.40. The molecule has 1 N–H and O–H groups in total. The molecule has 0 aliphatic heterocycles. The Morgan fingerprint density at radius 2 is 1.93 bits per heavy atom. The highest BCUT2D eigenvalue weighted by Crippen LogP contribution is 2.31. The lowest BCUT2D eigenvalue weighted by molar-refractivity contribution is -0.121. The van der Waals surface area contributed by atoms with Crippen LogP contribution in [0.3, 0.4) is 0 Å². The van der Waals surface area contributed by atoms with Crippen LogP contribution in [0.15, 0.2) is 64.2 Å². The van der Waals surface area contributed by atoms with E-state index in [4.69, 9.17) is 4.42 Å². The van der Waals surface area contributed by atoms with Gasteiger partial charge in [-0.2, -0.15) is 0 Å². The number of carbonyl (C=O) groups excluding carboxylic acids is 1. The molecule has 0 radical (unpaired) electrons. The normalized spacial score (nSPS) is 17.1. The Labute approximate surface area is 162 Å². The molecule has 3 aromatic rings. The van der Waals surface area contributed by atoms with Crippen LogP contribution in [-0.2, 0) is 11.2 Å². The third-order valence-corrected chi connectivity index (χ3v) is 5.69. The number of fused-ring (bicyclic) bond motifs is 1. The number of amides is 1. The molecular weight excluding hydrogens is 358 g/mol. The van der Waals surface area contributed by atoms with Gasteiger partial charge in [0, 0.05) is 5.56 Å². The van der Waals surface area contributed by atoms with E-state index in [1.807, 2.05) is 43.3 Å². The minimum atomic E-state index is -0.317. The third-order valence-electron chi connectivity index (χ3n) is 4.76. The van der Waals surface area contributed by atoms with E-state index >= 15 is 0 Å². The van der Waals surface area contributed by atoms with Gasteiger partial charge >= 0.3 is 0 Å². The minimum Gasteiger partial charge on any atom is -0.411 e. The highest BCUT2D eigenvalue weighted by molar-refractivity contribution is 8.00. The van der Waals surface area contributed by atoms with Gasteiger partial charge in [0.25, 0.3) is 5.22 Å². The van der Waals surface area contributed by atoms with Gasteiger partial charge in [0.05, 0.1) is 11.3 Å². The number of nitrogens with zero attached hydrogens (tertiary/aromatic N) is 2. The standard InChI is InChI=1S/C21H21N3O2S/c1-14(27-21-24-23-20(26-21)16-9-3-2-4-10-16)19(25)22-18-13-7-11-15-8-5-6-12-17(15)18/h2-6,8-10,12,14,18H,7,11,13H2,1H3,(H,22,25)/t14-,18-/m1/s1. The summed E-state index contributed by atoms with van der Waals surface area (Å²) in [6, 6.07) is 18.0. The van der Waals surface area contributed by atoms with Crippen LogP contribution in [0.25, 0.3) is 11.5 Å². The van der Waals surface area contributed by atoms with Crippen LogP contribution >= 0.6 is 11.8 Å². The zero-order chi connectivity index (χ0) is 18.6. The first-order chi connectivity index (χ1) is 13.2. The molecule has 0 saturated heterocycles. The molecule has 1 amide bonds. The fourth-order valence-electron chi connectivity index (χ4n) is 3.35. The number of aryl methyl sites for hydroxylation is 1. The predicted octanol–water partition coefficient (Wildman–Crippen LogP) is 4.41. The van der Waals surface area contributed by atoms with Crippen molar-refractivity contribution in [2.24, 2.45) is 0 Å². The van der Waals surface area contributed by atoms with Gasteiger partial charge in [-0.15, -0.1) is 10.2 Å². The van der Waals surface area contributed by atoms with Crippen molar-refractivity contribution < 1.29 is 9.21 Å². The molecule has 5 nitrogen and oxygen atoms in total. The summed E-state index contributed by atoms with van der Waals surface area (Å²) in [7, 11) is 0. The summed E-state index contributed by atoms with van der Waals surface area (Å²) in [6.07, 6.45) is 3.14. The maximum absolute atomic E-state index is 12.7. The van der Waals surface area contributed by atoms with Crippen molar-refractivity contribution in [3.63, 3.8) is 0 Å². The molecule has 138 valence electrons. The van der Waals surface area contributed by atoms with Crippen LogP contribution in [0.2, 0.25) is 0 Å². The Bertz CT molecular complexity index is 926. The first-order valence-electron chi connectivity index (χ1n) is 9.14. The zero-order valence-corrected chi connectivity index (χ0v) is 15.9. The molecule has 0 saturated carbocycles. The number of benzene rings is 2. The first kappa shape index (κ1) is 17.8. The average Bonchev–Trinajstić information content (AvgIpc) is 3.17. The second kappa shape index (κ2) is 7.96. The summed E-state index contributed by atoms with van der Waals surface area (Å²) >= 11 is 1.28. The van der Waals surface area contributed by atoms with Gasteiger partial charge in [-0.1, -0.05) is 54.2 Å². The van der Waals surface area contributed by atoms with Crippen LogP contribution in [0.1, 0.15) is 36.9 Å². The smallest absolute Gasteiger partial charge is 0.277 e. The zero-order valence-electron chi connectivity index (χ0n) is 15.1. The van der Waals surface area contributed by atoms with Crippen molar-refractivity contribution >= 4 is 17.7 Å². The summed E-state index contributed by atoms with van der Waals surface area (Å²) in [5.41, 5.74) is 3.44. The van der Waals surface area contributed by atoms with Crippen LogP contribution in [-0.4, -0.2) is 21.4 Å². The van der Waals surface area contributed by atoms with Gasteiger partial charge in [-0.3, -0.25) is 4.79 Å². The maximum Gasteiger partial charge on any atom is 0.277 e. The molecule has 27 heavy (non-hydrogen) atoms. The predicted molar refractivity (Wildman–Crippen MR) is 105 cm³/mol. The van der Waals surface area contributed by atoms with Crippen LogP contribution in [0, 0.1) is 0 Å². The Morgan fingerprint density at radius 3 is 2.78 bits per heavy atom. The second-order valence-corrected chi connectivity index (χ2v) is 7.94. The van der Waals surface area contributed by atoms with Crippen LogP contribution in [0.4, 0.5) is 0 Å².